The molecule has 2 rings (SSSR count). The highest BCUT2D eigenvalue weighted by atomic mass is 19.1. The van der Waals surface area contributed by atoms with E-state index in [1.54, 1.807) is 12.1 Å². The van der Waals surface area contributed by atoms with E-state index in [0.29, 0.717) is 12.5 Å². The Balaban J connectivity index is 1.84. The lowest BCUT2D eigenvalue weighted by Crippen LogP contribution is -2.41. The van der Waals surface area contributed by atoms with Gasteiger partial charge in [0.1, 0.15) is 5.82 Å². The zero-order valence-electron chi connectivity index (χ0n) is 11.5. The summed E-state index contributed by atoms with van der Waals surface area (Å²) in [6.07, 6.45) is 1.28. The van der Waals surface area contributed by atoms with Crippen molar-refractivity contribution in [3.63, 3.8) is 0 Å². The fourth-order valence-electron chi connectivity index (χ4n) is 2.54. The maximum absolute atomic E-state index is 12.8. The lowest BCUT2D eigenvalue weighted by molar-refractivity contribution is 0.106. The molecule has 0 saturated carbocycles. The van der Waals surface area contributed by atoms with Gasteiger partial charge >= 0.3 is 0 Å². The third-order valence-corrected chi connectivity index (χ3v) is 3.71. The number of rotatable bonds is 5. The van der Waals surface area contributed by atoms with E-state index >= 15 is 0 Å². The van der Waals surface area contributed by atoms with Gasteiger partial charge in [-0.1, -0.05) is 12.1 Å². The van der Waals surface area contributed by atoms with Gasteiger partial charge in [0.25, 0.3) is 0 Å². The van der Waals surface area contributed by atoms with Gasteiger partial charge < -0.3 is 15.2 Å². The number of hydrogen-bond acceptors (Lipinski definition) is 3. The van der Waals surface area contributed by atoms with E-state index in [0.717, 1.165) is 18.6 Å². The van der Waals surface area contributed by atoms with Gasteiger partial charge in [-0.25, -0.2) is 4.39 Å². The van der Waals surface area contributed by atoms with E-state index < -0.39 is 6.10 Å². The molecular formula is C15H22FNO2. The molecule has 0 aromatic heterocycles. The summed E-state index contributed by atoms with van der Waals surface area (Å²) in [5.74, 6) is -0.279. The van der Waals surface area contributed by atoms with Gasteiger partial charge in [-0.2, -0.15) is 0 Å². The molecule has 1 aromatic carbocycles. The van der Waals surface area contributed by atoms with E-state index in [4.69, 9.17) is 4.74 Å². The SMILES string of the molecule is CC(CC(O)c1ccc(F)cc1)NC1CCOC1C. The molecule has 1 fully saturated rings. The van der Waals surface area contributed by atoms with Crippen LogP contribution in [0.2, 0.25) is 0 Å². The van der Waals surface area contributed by atoms with Crippen LogP contribution in [0.15, 0.2) is 24.3 Å². The number of halogens is 1. The second kappa shape index (κ2) is 6.46. The lowest BCUT2D eigenvalue weighted by atomic mass is 10.0. The van der Waals surface area contributed by atoms with Crippen LogP contribution < -0.4 is 5.32 Å². The van der Waals surface area contributed by atoms with E-state index in [1.807, 2.05) is 0 Å². The molecule has 19 heavy (non-hydrogen) atoms. The number of aliphatic hydroxyl groups is 1. The van der Waals surface area contributed by atoms with E-state index in [9.17, 15) is 9.50 Å². The van der Waals surface area contributed by atoms with E-state index in [1.165, 1.54) is 12.1 Å². The minimum absolute atomic E-state index is 0.189. The molecule has 1 aromatic rings. The van der Waals surface area contributed by atoms with Crippen LogP contribution in [0.5, 0.6) is 0 Å². The van der Waals surface area contributed by atoms with Crippen LogP contribution in [-0.4, -0.2) is 29.9 Å². The van der Waals surface area contributed by atoms with Crippen LogP contribution in [0.3, 0.4) is 0 Å². The fourth-order valence-corrected chi connectivity index (χ4v) is 2.54. The summed E-state index contributed by atoms with van der Waals surface area (Å²) in [6.45, 7) is 4.91. The Kier molecular flexibility index (Phi) is 4.91. The summed E-state index contributed by atoms with van der Waals surface area (Å²) in [5.41, 5.74) is 0.755. The minimum atomic E-state index is -0.569. The molecule has 1 aliphatic rings. The van der Waals surface area contributed by atoms with Crippen molar-refractivity contribution in [2.45, 2.75) is 51.0 Å². The lowest BCUT2D eigenvalue weighted by Gasteiger charge is -2.23. The zero-order valence-corrected chi connectivity index (χ0v) is 11.5. The predicted octanol–water partition coefficient (Wildman–Crippen LogP) is 2.40. The number of hydrogen-bond donors (Lipinski definition) is 2. The average Bonchev–Trinajstić information content (AvgIpc) is 2.75. The van der Waals surface area contributed by atoms with Gasteiger partial charge in [0, 0.05) is 18.7 Å². The van der Waals surface area contributed by atoms with Crippen molar-refractivity contribution >= 4 is 0 Å². The first-order valence-electron chi connectivity index (χ1n) is 6.87. The summed E-state index contributed by atoms with van der Waals surface area (Å²) in [4.78, 5) is 0. The van der Waals surface area contributed by atoms with Crippen LogP contribution in [0.4, 0.5) is 4.39 Å². The van der Waals surface area contributed by atoms with E-state index in [-0.39, 0.29) is 18.0 Å². The maximum atomic E-state index is 12.8. The van der Waals surface area contributed by atoms with Crippen LogP contribution in [-0.2, 0) is 4.74 Å². The highest BCUT2D eigenvalue weighted by Gasteiger charge is 2.25. The van der Waals surface area contributed by atoms with Gasteiger partial charge in [-0.3, -0.25) is 0 Å². The average molecular weight is 267 g/mol. The van der Waals surface area contributed by atoms with Crippen molar-refractivity contribution in [1.29, 1.82) is 0 Å². The van der Waals surface area contributed by atoms with Crippen molar-refractivity contribution < 1.29 is 14.2 Å². The van der Waals surface area contributed by atoms with Crippen LogP contribution >= 0.6 is 0 Å². The summed E-state index contributed by atoms with van der Waals surface area (Å²) in [6, 6.07) is 6.57. The van der Waals surface area contributed by atoms with Crippen molar-refractivity contribution in [3.8, 4) is 0 Å². The molecule has 4 atom stereocenters. The number of aliphatic hydroxyl groups excluding tert-OH is 1. The Morgan fingerprint density at radius 1 is 1.42 bits per heavy atom. The Bertz CT molecular complexity index is 396. The molecule has 4 unspecified atom stereocenters. The molecule has 0 spiro atoms. The molecule has 1 aliphatic heterocycles. The van der Waals surface area contributed by atoms with Gasteiger partial charge in [-0.15, -0.1) is 0 Å². The Labute approximate surface area is 113 Å². The highest BCUT2D eigenvalue weighted by molar-refractivity contribution is 5.18. The summed E-state index contributed by atoms with van der Waals surface area (Å²) < 4.78 is 18.3. The summed E-state index contributed by atoms with van der Waals surface area (Å²) in [7, 11) is 0. The second-order valence-electron chi connectivity index (χ2n) is 5.34. The Morgan fingerprint density at radius 2 is 2.11 bits per heavy atom. The number of ether oxygens (including phenoxy) is 1. The largest absolute Gasteiger partial charge is 0.388 e. The fraction of sp³-hybridized carbons (Fsp3) is 0.600. The predicted molar refractivity (Wildman–Crippen MR) is 72.4 cm³/mol. The van der Waals surface area contributed by atoms with Crippen molar-refractivity contribution in [2.75, 3.05) is 6.61 Å². The molecule has 106 valence electrons. The van der Waals surface area contributed by atoms with E-state index in [2.05, 4.69) is 19.2 Å². The van der Waals surface area contributed by atoms with Gasteiger partial charge in [0.2, 0.25) is 0 Å². The molecule has 0 bridgehead atoms. The summed E-state index contributed by atoms with van der Waals surface area (Å²) >= 11 is 0. The van der Waals surface area contributed by atoms with Gasteiger partial charge in [0.05, 0.1) is 12.2 Å². The second-order valence-corrected chi connectivity index (χ2v) is 5.34. The first-order valence-corrected chi connectivity index (χ1v) is 6.87. The first kappa shape index (κ1) is 14.4. The number of nitrogens with one attached hydrogen (secondary N) is 1. The van der Waals surface area contributed by atoms with Crippen LogP contribution in [0, 0.1) is 5.82 Å². The van der Waals surface area contributed by atoms with Crippen molar-refractivity contribution in [1.82, 2.24) is 5.32 Å². The molecule has 0 radical (unpaired) electrons. The van der Waals surface area contributed by atoms with Crippen molar-refractivity contribution in [2.24, 2.45) is 0 Å². The monoisotopic (exact) mass is 267 g/mol. The third kappa shape index (κ3) is 4.00. The van der Waals surface area contributed by atoms with Gasteiger partial charge in [0.15, 0.2) is 0 Å². The molecule has 2 N–H and O–H groups in total. The smallest absolute Gasteiger partial charge is 0.123 e. The molecule has 0 aliphatic carbocycles. The maximum Gasteiger partial charge on any atom is 0.123 e. The zero-order chi connectivity index (χ0) is 13.8. The molecule has 1 heterocycles. The Morgan fingerprint density at radius 3 is 2.68 bits per heavy atom. The molecular weight excluding hydrogens is 245 g/mol. The first-order chi connectivity index (χ1) is 9.06. The van der Waals surface area contributed by atoms with Crippen LogP contribution in [0.1, 0.15) is 38.4 Å². The third-order valence-electron chi connectivity index (χ3n) is 3.71. The molecule has 1 saturated heterocycles. The standard InChI is InChI=1S/C15H22FNO2/c1-10(17-14-7-8-19-11(14)2)9-15(18)12-3-5-13(16)6-4-12/h3-6,10-11,14-15,17-18H,7-9H2,1-2H3. The number of benzene rings is 1. The molecule has 3 nitrogen and oxygen atoms in total. The highest BCUT2D eigenvalue weighted by Crippen LogP contribution is 2.20. The molecule has 0 amide bonds. The van der Waals surface area contributed by atoms with Crippen LogP contribution in [0.25, 0.3) is 0 Å². The topological polar surface area (TPSA) is 41.5 Å². The minimum Gasteiger partial charge on any atom is -0.388 e. The molecule has 4 heteroatoms. The Hall–Kier alpha value is -0.970. The van der Waals surface area contributed by atoms with Crippen molar-refractivity contribution in [3.05, 3.63) is 35.6 Å². The van der Waals surface area contributed by atoms with Gasteiger partial charge in [-0.05, 0) is 44.4 Å². The quantitative estimate of drug-likeness (QED) is 0.861. The summed E-state index contributed by atoms with van der Waals surface area (Å²) in [5, 5.41) is 13.6. The normalized spacial score (nSPS) is 26.3.